The third kappa shape index (κ3) is 5.71. The second kappa shape index (κ2) is 9.09. The molecular weight excluding hydrogens is 446 g/mol. The summed E-state index contributed by atoms with van der Waals surface area (Å²) in [7, 11) is 0. The highest BCUT2D eigenvalue weighted by Gasteiger charge is 2.34. The lowest BCUT2D eigenvalue weighted by molar-refractivity contribution is -0.139. The van der Waals surface area contributed by atoms with Crippen molar-refractivity contribution in [2.24, 2.45) is 0 Å². The summed E-state index contributed by atoms with van der Waals surface area (Å²) in [6, 6.07) is 2.91. The highest BCUT2D eigenvalue weighted by molar-refractivity contribution is 5.68. The summed E-state index contributed by atoms with van der Waals surface area (Å²) in [5.74, 6) is 0.351. The quantitative estimate of drug-likeness (QED) is 0.703. The number of halogens is 6. The van der Waals surface area contributed by atoms with E-state index in [4.69, 9.17) is 4.74 Å². The molecule has 2 aromatic heterocycles. The Labute approximate surface area is 177 Å². The molecule has 0 radical (unpaired) electrons. The van der Waals surface area contributed by atoms with Gasteiger partial charge in [0.25, 0.3) is 5.56 Å². The number of nitrogens with zero attached hydrogens (tertiary/aromatic N) is 3. The van der Waals surface area contributed by atoms with Crippen molar-refractivity contribution in [2.45, 2.75) is 18.8 Å². The van der Waals surface area contributed by atoms with Crippen molar-refractivity contribution in [1.82, 2.24) is 14.9 Å². The van der Waals surface area contributed by atoms with Gasteiger partial charge in [0.2, 0.25) is 0 Å². The molecule has 3 rings (SSSR count). The van der Waals surface area contributed by atoms with Gasteiger partial charge in [0.15, 0.2) is 0 Å². The monoisotopic (exact) mass is 464 g/mol. The molecule has 1 N–H and O–H groups in total. The highest BCUT2D eigenvalue weighted by atomic mass is 19.4. The Morgan fingerprint density at radius 3 is 2.31 bits per heavy atom. The number of H-pyrrole nitrogens is 1. The Hall–Kier alpha value is -3.25. The van der Waals surface area contributed by atoms with Crippen LogP contribution in [-0.4, -0.2) is 53.7 Å². The van der Waals surface area contributed by atoms with Crippen LogP contribution in [0.3, 0.4) is 0 Å². The Balaban J connectivity index is 1.47. The van der Waals surface area contributed by atoms with Crippen LogP contribution in [0, 0.1) is 0 Å². The average Bonchev–Trinajstić information content (AvgIpc) is 2.73. The van der Waals surface area contributed by atoms with Crippen molar-refractivity contribution in [2.75, 3.05) is 37.7 Å². The highest BCUT2D eigenvalue weighted by Crippen LogP contribution is 2.29. The van der Waals surface area contributed by atoms with Crippen LogP contribution in [-0.2, 0) is 23.5 Å². The minimum Gasteiger partial charge on any atom is -0.449 e. The van der Waals surface area contributed by atoms with Gasteiger partial charge >= 0.3 is 18.4 Å². The molecule has 32 heavy (non-hydrogen) atoms. The smallest absolute Gasteiger partial charge is 0.421 e. The average molecular weight is 464 g/mol. The van der Waals surface area contributed by atoms with E-state index in [1.165, 1.54) is 11.0 Å². The van der Waals surface area contributed by atoms with E-state index >= 15 is 0 Å². The number of aromatic amines is 1. The molecule has 13 heteroatoms. The molecule has 2 aromatic rings. The summed E-state index contributed by atoms with van der Waals surface area (Å²) in [6.07, 6.45) is -8.08. The van der Waals surface area contributed by atoms with Crippen molar-refractivity contribution in [3.8, 4) is 0 Å². The number of carbonyl (C=O) groups is 1. The molecule has 0 atom stereocenters. The molecule has 1 amide bonds. The van der Waals surface area contributed by atoms with E-state index in [0.29, 0.717) is 25.0 Å². The first kappa shape index (κ1) is 23.4. The van der Waals surface area contributed by atoms with Crippen LogP contribution >= 0.6 is 0 Å². The van der Waals surface area contributed by atoms with Gasteiger partial charge in [-0.25, -0.2) is 9.78 Å². The lowest BCUT2D eigenvalue weighted by atomic mass is 10.1. The van der Waals surface area contributed by atoms with Gasteiger partial charge in [-0.3, -0.25) is 4.79 Å². The van der Waals surface area contributed by atoms with Gasteiger partial charge in [0, 0.05) is 45.0 Å². The summed E-state index contributed by atoms with van der Waals surface area (Å²) in [5.41, 5.74) is -3.27. The third-order valence-corrected chi connectivity index (χ3v) is 4.82. The fourth-order valence-electron chi connectivity index (χ4n) is 3.09. The van der Waals surface area contributed by atoms with Gasteiger partial charge in [0.1, 0.15) is 11.4 Å². The topological polar surface area (TPSA) is 78.5 Å². The van der Waals surface area contributed by atoms with Crippen molar-refractivity contribution in [1.29, 1.82) is 0 Å². The fourth-order valence-corrected chi connectivity index (χ4v) is 3.09. The molecule has 174 valence electrons. The van der Waals surface area contributed by atoms with Gasteiger partial charge in [-0.1, -0.05) is 0 Å². The predicted octanol–water partition coefficient (Wildman–Crippen LogP) is 3.31. The van der Waals surface area contributed by atoms with Gasteiger partial charge in [-0.05, 0) is 23.8 Å². The van der Waals surface area contributed by atoms with Crippen LogP contribution in [0.15, 0.2) is 35.4 Å². The number of nitrogens with one attached hydrogen (secondary N) is 1. The molecule has 0 bridgehead atoms. The standard InChI is InChI=1S/C19H18F6N4O3/c20-18(21,22)13-1-2-15(26-11-13)28-4-6-29(7-5-28)17(31)32-8-3-12-9-14(19(23,24)25)16(30)27-10-12/h1-2,9-11H,3-8H2,(H,27,30). The van der Waals surface area contributed by atoms with Gasteiger partial charge in [-0.15, -0.1) is 0 Å². The second-order valence-electron chi connectivity index (χ2n) is 6.99. The molecule has 0 unspecified atom stereocenters. The van der Waals surface area contributed by atoms with Crippen molar-refractivity contribution in [3.63, 3.8) is 0 Å². The van der Waals surface area contributed by atoms with E-state index in [0.717, 1.165) is 18.5 Å². The Kier molecular flexibility index (Phi) is 6.65. The number of carbonyl (C=O) groups excluding carboxylic acids is 1. The molecule has 0 aromatic carbocycles. The largest absolute Gasteiger partial charge is 0.449 e. The zero-order valence-corrected chi connectivity index (χ0v) is 16.5. The number of rotatable bonds is 4. The zero-order valence-electron chi connectivity index (χ0n) is 16.5. The van der Waals surface area contributed by atoms with E-state index in [-0.39, 0.29) is 31.7 Å². The molecule has 0 saturated carbocycles. The lowest BCUT2D eigenvalue weighted by Crippen LogP contribution is -2.49. The van der Waals surface area contributed by atoms with Gasteiger partial charge in [-0.2, -0.15) is 26.3 Å². The molecule has 0 aliphatic carbocycles. The molecule has 0 spiro atoms. The van der Waals surface area contributed by atoms with Gasteiger partial charge in [0.05, 0.1) is 12.2 Å². The van der Waals surface area contributed by atoms with E-state index in [1.807, 2.05) is 4.98 Å². The number of pyridine rings is 2. The van der Waals surface area contributed by atoms with Crippen molar-refractivity contribution < 1.29 is 35.9 Å². The molecule has 1 fully saturated rings. The first-order valence-electron chi connectivity index (χ1n) is 9.44. The SMILES string of the molecule is O=C(OCCc1c[nH]c(=O)c(C(F)(F)F)c1)N1CCN(c2ccc(C(F)(F)F)cn2)CC1. The number of alkyl halides is 6. The van der Waals surface area contributed by atoms with Crippen LogP contribution in [0.5, 0.6) is 0 Å². The third-order valence-electron chi connectivity index (χ3n) is 4.82. The number of hydrogen-bond acceptors (Lipinski definition) is 5. The molecule has 1 aliphatic heterocycles. The number of aromatic nitrogens is 2. The zero-order chi connectivity index (χ0) is 23.5. The predicted molar refractivity (Wildman–Crippen MR) is 100 cm³/mol. The Morgan fingerprint density at radius 2 is 1.75 bits per heavy atom. The van der Waals surface area contributed by atoms with Crippen LogP contribution in [0.25, 0.3) is 0 Å². The molecule has 1 aliphatic rings. The summed E-state index contributed by atoms with van der Waals surface area (Å²) >= 11 is 0. The van der Waals surface area contributed by atoms with Crippen LogP contribution in [0.2, 0.25) is 0 Å². The molecule has 3 heterocycles. The van der Waals surface area contributed by atoms with E-state index in [1.54, 1.807) is 4.90 Å². The number of anilines is 1. The van der Waals surface area contributed by atoms with Gasteiger partial charge < -0.3 is 19.5 Å². The Morgan fingerprint density at radius 1 is 1.06 bits per heavy atom. The number of amides is 1. The minimum atomic E-state index is -4.79. The maximum atomic E-state index is 12.8. The summed E-state index contributed by atoms with van der Waals surface area (Å²) in [6.45, 7) is 0.921. The number of hydrogen-bond donors (Lipinski definition) is 1. The number of ether oxygens (including phenoxy) is 1. The number of piperazine rings is 1. The summed E-state index contributed by atoms with van der Waals surface area (Å²) in [4.78, 5) is 32.4. The van der Waals surface area contributed by atoms with Crippen LogP contribution in [0.1, 0.15) is 16.7 Å². The lowest BCUT2D eigenvalue weighted by Gasteiger charge is -2.34. The second-order valence-corrected chi connectivity index (χ2v) is 6.99. The maximum absolute atomic E-state index is 12.8. The van der Waals surface area contributed by atoms with Crippen molar-refractivity contribution >= 4 is 11.9 Å². The van der Waals surface area contributed by atoms with Crippen LogP contribution < -0.4 is 10.5 Å². The molecular formula is C19H18F6N4O3. The first-order chi connectivity index (χ1) is 14.9. The Bertz CT molecular complexity index is 996. The van der Waals surface area contributed by atoms with E-state index in [2.05, 4.69) is 4.98 Å². The summed E-state index contributed by atoms with van der Waals surface area (Å²) in [5, 5.41) is 0. The minimum absolute atomic E-state index is 0.0267. The molecule has 7 nitrogen and oxygen atoms in total. The normalized spacial score (nSPS) is 15.1. The van der Waals surface area contributed by atoms with E-state index in [9.17, 15) is 35.9 Å². The maximum Gasteiger partial charge on any atom is 0.421 e. The van der Waals surface area contributed by atoms with Crippen LogP contribution in [0.4, 0.5) is 37.0 Å². The van der Waals surface area contributed by atoms with Crippen molar-refractivity contribution in [3.05, 3.63) is 57.6 Å². The first-order valence-corrected chi connectivity index (χ1v) is 9.44. The molecule has 1 saturated heterocycles. The summed E-state index contributed by atoms with van der Waals surface area (Å²) < 4.78 is 81.3. The fraction of sp³-hybridized carbons (Fsp3) is 0.421. The van der Waals surface area contributed by atoms with E-state index < -0.39 is 35.1 Å².